The minimum atomic E-state index is -0.142. The van der Waals surface area contributed by atoms with Gasteiger partial charge in [-0.05, 0) is 328 Å². The molecule has 0 atom stereocenters. The number of nitrogens with zero attached hydrogens (tertiary/aromatic N) is 5. The van der Waals surface area contributed by atoms with E-state index in [1.165, 1.54) is 187 Å². The molecule has 0 spiro atoms. The maximum atomic E-state index is 12.7. The predicted molar refractivity (Wildman–Crippen MR) is 507 cm³/mol. The second-order valence-corrected chi connectivity index (χ2v) is 40.4. The Labute approximate surface area is 693 Å². The molecule has 4 aliphatic rings. The van der Waals surface area contributed by atoms with Gasteiger partial charge >= 0.3 is 0 Å². The molecular formula is C104H196FN5. The van der Waals surface area contributed by atoms with Crippen molar-refractivity contribution in [1.29, 1.82) is 0 Å². The van der Waals surface area contributed by atoms with E-state index in [2.05, 4.69) is 342 Å². The average Bonchev–Trinajstić information content (AvgIpc) is 1.32. The van der Waals surface area contributed by atoms with Crippen LogP contribution in [0.3, 0.4) is 0 Å². The summed E-state index contributed by atoms with van der Waals surface area (Å²) in [5, 5.41) is 0. The first-order chi connectivity index (χ1) is 47.4. The van der Waals surface area contributed by atoms with Crippen molar-refractivity contribution in [1.82, 2.24) is 24.5 Å². The molecule has 644 valence electrons. The van der Waals surface area contributed by atoms with Gasteiger partial charge in [-0.15, -0.1) is 0 Å². The highest BCUT2D eigenvalue weighted by Gasteiger charge is 2.26. The fourth-order valence-electron chi connectivity index (χ4n) is 13.5. The van der Waals surface area contributed by atoms with Crippen LogP contribution in [0.5, 0.6) is 0 Å². The standard InChI is InChI=1S/C13H21N.3C12H18.C11H15F.C10H21N.3C9H19N.7CH4/c1-5-14(13(2,3)4)11-12-9-7-6-8-10-12;1-10-5-7-11(8-6-10)9-12(2,3)4;1-10-6-5-7-11(8-10)9-12(2,3)4;1-10-7-5-6-8-11(10)9-12(2,3)4;1-11(2,3)8-9-5-4-6-10(12)7-9;1-10(2,3)11-8-6-4-5-7-9-11;3*1-9(2,3)10-7-5-4-6-8-10;;;;;;;/h6-10H,5,11H2,1-4H3;3*5-8H,9H2,1-4H3;4-7H,8H2,1-3H3;4-9H2,1-3H3;3*4-8H2,1-3H3;7*1H4. The first-order valence-electron chi connectivity index (χ1n) is 41.1. The molecule has 0 aromatic heterocycles. The maximum absolute atomic E-state index is 12.7. The Morgan fingerprint density at radius 2 is 0.582 bits per heavy atom. The minimum Gasteiger partial charge on any atom is -0.298 e. The Morgan fingerprint density at radius 1 is 0.291 bits per heavy atom. The molecule has 9 rings (SSSR count). The molecule has 4 heterocycles. The number of likely N-dealkylation sites (tertiary alicyclic amines) is 4. The van der Waals surface area contributed by atoms with Gasteiger partial charge in [-0.3, -0.25) is 24.5 Å². The van der Waals surface area contributed by atoms with Gasteiger partial charge in [-0.25, -0.2) is 4.39 Å². The molecule has 0 N–H and O–H groups in total. The van der Waals surface area contributed by atoms with Crippen molar-refractivity contribution in [3.63, 3.8) is 0 Å². The first kappa shape index (κ1) is 119. The summed E-state index contributed by atoms with van der Waals surface area (Å²) >= 11 is 0. The van der Waals surface area contributed by atoms with Crippen LogP contribution in [0.15, 0.2) is 127 Å². The average molecular weight is 1540 g/mol. The van der Waals surface area contributed by atoms with Crippen LogP contribution in [0, 0.1) is 48.2 Å². The fourth-order valence-corrected chi connectivity index (χ4v) is 13.5. The van der Waals surface area contributed by atoms with E-state index in [0.717, 1.165) is 37.9 Å². The number of benzene rings is 5. The second-order valence-electron chi connectivity index (χ2n) is 40.4. The lowest BCUT2D eigenvalue weighted by Gasteiger charge is -2.38. The van der Waals surface area contributed by atoms with Gasteiger partial charge in [0, 0.05) is 34.2 Å². The van der Waals surface area contributed by atoms with Crippen LogP contribution in [0.4, 0.5) is 4.39 Å². The molecule has 4 saturated heterocycles. The van der Waals surface area contributed by atoms with Gasteiger partial charge < -0.3 is 0 Å². The Morgan fingerprint density at radius 3 is 0.873 bits per heavy atom. The molecule has 0 radical (unpaired) electrons. The van der Waals surface area contributed by atoms with E-state index in [9.17, 15) is 4.39 Å². The van der Waals surface area contributed by atoms with Crippen LogP contribution in [-0.2, 0) is 32.2 Å². The van der Waals surface area contributed by atoms with E-state index in [4.69, 9.17) is 0 Å². The molecule has 0 amide bonds. The van der Waals surface area contributed by atoms with E-state index in [-0.39, 0.29) is 68.8 Å². The molecule has 0 saturated carbocycles. The topological polar surface area (TPSA) is 16.2 Å². The second kappa shape index (κ2) is 57.8. The van der Waals surface area contributed by atoms with Crippen LogP contribution in [0.25, 0.3) is 0 Å². The third-order valence-electron chi connectivity index (χ3n) is 19.3. The van der Waals surface area contributed by atoms with Gasteiger partial charge in [0.05, 0.1) is 0 Å². The third kappa shape index (κ3) is 61.3. The molecule has 6 heteroatoms. The van der Waals surface area contributed by atoms with Gasteiger partial charge in [-0.1, -0.05) is 300 Å². The van der Waals surface area contributed by atoms with Gasteiger partial charge in [-0.2, -0.15) is 0 Å². The highest BCUT2D eigenvalue weighted by atomic mass is 19.1. The van der Waals surface area contributed by atoms with Crippen molar-refractivity contribution in [3.8, 4) is 0 Å². The number of aryl methyl sites for hydroxylation is 3. The summed E-state index contributed by atoms with van der Waals surface area (Å²) in [5.41, 5.74) is 14.2. The van der Waals surface area contributed by atoms with Crippen LogP contribution < -0.4 is 0 Å². The largest absolute Gasteiger partial charge is 0.298 e. The van der Waals surface area contributed by atoms with Crippen LogP contribution >= 0.6 is 0 Å². The third-order valence-corrected chi connectivity index (χ3v) is 19.3. The van der Waals surface area contributed by atoms with Gasteiger partial charge in [0.25, 0.3) is 0 Å². The molecule has 5 aromatic rings. The SMILES string of the molecule is C.C.C.C.C.C.C.CC(C)(C)Cc1cccc(F)c1.CC(C)(C)N1CCCCC1.CC(C)(C)N1CCCCC1.CC(C)(C)N1CCCCC1.CC(C)(C)N1CCCCCC1.CCN(Cc1ccccc1)C(C)(C)C.Cc1ccc(CC(C)(C)C)cc1.Cc1cccc(CC(C)(C)C)c1.Cc1ccccc1CC(C)(C)C. The summed E-state index contributed by atoms with van der Waals surface area (Å²) in [7, 11) is 0. The van der Waals surface area contributed by atoms with Crippen LogP contribution in [-0.4, -0.2) is 111 Å². The van der Waals surface area contributed by atoms with Gasteiger partial charge in [0.2, 0.25) is 0 Å². The summed E-state index contributed by atoms with van der Waals surface area (Å²) in [6.07, 6.45) is 22.8. The lowest BCUT2D eigenvalue weighted by atomic mass is 9.86. The summed E-state index contributed by atoms with van der Waals surface area (Å²) in [6.45, 7) is 82.7. The smallest absolute Gasteiger partial charge is 0.123 e. The summed E-state index contributed by atoms with van der Waals surface area (Å²) < 4.78 is 12.7. The molecule has 0 aliphatic carbocycles. The number of piperidine rings is 3. The Kier molecular flexibility index (Phi) is 62.6. The summed E-state index contributed by atoms with van der Waals surface area (Å²) in [4.78, 5) is 12.8. The number of hydrogen-bond acceptors (Lipinski definition) is 5. The van der Waals surface area contributed by atoms with Crippen LogP contribution in [0.2, 0.25) is 0 Å². The van der Waals surface area contributed by atoms with E-state index in [1.807, 2.05) is 6.07 Å². The number of rotatable bonds is 7. The van der Waals surface area contributed by atoms with E-state index in [1.54, 1.807) is 12.1 Å². The summed E-state index contributed by atoms with van der Waals surface area (Å²) in [5.74, 6) is -0.142. The zero-order valence-corrected chi connectivity index (χ0v) is 73.8. The van der Waals surface area contributed by atoms with E-state index < -0.39 is 0 Å². The maximum Gasteiger partial charge on any atom is 0.123 e. The Hall–Kier alpha value is -4.17. The number of halogens is 1. The zero-order chi connectivity index (χ0) is 78.5. The normalized spacial score (nSPS) is 15.2. The lowest BCUT2D eigenvalue weighted by molar-refractivity contribution is 0.110. The molecule has 110 heavy (non-hydrogen) atoms. The highest BCUT2D eigenvalue weighted by Crippen LogP contribution is 2.27. The fraction of sp³-hybridized carbons (Fsp3) is 0.712. The molecule has 5 aromatic carbocycles. The van der Waals surface area contributed by atoms with Crippen LogP contribution in [0.1, 0.15) is 374 Å². The Bertz CT molecular complexity index is 2780. The molecule has 5 nitrogen and oxygen atoms in total. The monoisotopic (exact) mass is 1530 g/mol. The number of hydrogen-bond donors (Lipinski definition) is 0. The molecule has 0 unspecified atom stereocenters. The lowest BCUT2D eigenvalue weighted by Crippen LogP contribution is -2.44. The molecule has 0 bridgehead atoms. The quantitative estimate of drug-likeness (QED) is 0.161. The Balaban J connectivity index is -0.000000216. The van der Waals surface area contributed by atoms with E-state index in [0.29, 0.717) is 38.4 Å². The predicted octanol–water partition coefficient (Wildman–Crippen LogP) is 31.4. The first-order valence-corrected chi connectivity index (χ1v) is 41.1. The minimum absolute atomic E-state index is 0. The van der Waals surface area contributed by atoms with E-state index >= 15 is 0 Å². The molecule has 4 aliphatic heterocycles. The molecular weight excluding hydrogens is 1340 g/mol. The van der Waals surface area contributed by atoms with Gasteiger partial charge in [0.1, 0.15) is 5.82 Å². The van der Waals surface area contributed by atoms with Crippen molar-refractivity contribution < 1.29 is 4.39 Å². The van der Waals surface area contributed by atoms with Crippen molar-refractivity contribution in [2.24, 2.45) is 21.7 Å². The van der Waals surface area contributed by atoms with Gasteiger partial charge in [0.15, 0.2) is 0 Å². The summed E-state index contributed by atoms with van der Waals surface area (Å²) in [6, 6.07) is 43.6. The highest BCUT2D eigenvalue weighted by molar-refractivity contribution is 5.27. The zero-order valence-electron chi connectivity index (χ0n) is 73.8. The van der Waals surface area contributed by atoms with Crippen molar-refractivity contribution in [2.45, 2.75) is 410 Å². The van der Waals surface area contributed by atoms with Crippen molar-refractivity contribution in [3.05, 3.63) is 178 Å². The van der Waals surface area contributed by atoms with Crippen molar-refractivity contribution in [2.75, 3.05) is 58.9 Å². The van der Waals surface area contributed by atoms with Crippen molar-refractivity contribution >= 4 is 0 Å². The molecule has 4 fully saturated rings.